The Kier molecular flexibility index (Phi) is 14.1. The van der Waals surface area contributed by atoms with Gasteiger partial charge < -0.3 is 35.8 Å². The largest absolute Gasteiger partial charge is 0.397 e. The standard InChI is InChI=1S/C44H54N4O5/c45-39-13-4-5-14-40(39)47-43(51)16-7-6-15-42(50)46-29-33-11-10-12-37(27-33)34-21-23-36(24-22-34)44-52-38(30-48-25-8-2-1-3-9-26-48)28-41(53-44)35-19-17-32(31-49)18-20-35/h4-5,10-14,17-24,27,38,41,44,49H,1-3,6-9,15-16,25-26,28-31,45H2,(H,46,50)(H,47,51)/t38-,41+,44+/m1/s1. The molecule has 2 amide bonds. The molecule has 53 heavy (non-hydrogen) atoms. The second-order valence-electron chi connectivity index (χ2n) is 14.4. The van der Waals surface area contributed by atoms with Crippen LogP contribution in [0.25, 0.3) is 11.1 Å². The fourth-order valence-corrected chi connectivity index (χ4v) is 7.19. The van der Waals surface area contributed by atoms with Crippen LogP contribution in [0.1, 0.15) is 98.9 Å². The summed E-state index contributed by atoms with van der Waals surface area (Å²) in [6.45, 7) is 3.58. The van der Waals surface area contributed by atoms with E-state index < -0.39 is 6.29 Å². The number of para-hydroxylation sites is 2. The van der Waals surface area contributed by atoms with Gasteiger partial charge >= 0.3 is 0 Å². The van der Waals surface area contributed by atoms with Gasteiger partial charge in [-0.25, -0.2) is 0 Å². The lowest BCUT2D eigenvalue weighted by Gasteiger charge is -2.38. The molecule has 4 aromatic carbocycles. The first-order valence-corrected chi connectivity index (χ1v) is 19.3. The molecule has 0 radical (unpaired) electrons. The number of aliphatic hydroxyl groups excluding tert-OH is 1. The van der Waals surface area contributed by atoms with Gasteiger partial charge in [-0.3, -0.25) is 9.59 Å². The van der Waals surface area contributed by atoms with Crippen molar-refractivity contribution in [1.82, 2.24) is 10.2 Å². The number of carbonyl (C=O) groups excluding carboxylic acids is 2. The molecule has 0 aromatic heterocycles. The van der Waals surface area contributed by atoms with Gasteiger partial charge in [-0.15, -0.1) is 0 Å². The highest BCUT2D eigenvalue weighted by Gasteiger charge is 2.33. The van der Waals surface area contributed by atoms with E-state index in [1.54, 1.807) is 12.1 Å². The second-order valence-corrected chi connectivity index (χ2v) is 14.4. The predicted molar refractivity (Wildman–Crippen MR) is 210 cm³/mol. The van der Waals surface area contributed by atoms with Crippen LogP contribution in [0.5, 0.6) is 0 Å². The van der Waals surface area contributed by atoms with E-state index in [0.29, 0.717) is 43.6 Å². The van der Waals surface area contributed by atoms with Crippen molar-refractivity contribution in [2.75, 3.05) is 30.7 Å². The van der Waals surface area contributed by atoms with Crippen LogP contribution in [0.3, 0.4) is 0 Å². The Morgan fingerprint density at radius 2 is 1.43 bits per heavy atom. The lowest BCUT2D eigenvalue weighted by Crippen LogP contribution is -2.40. The maximum Gasteiger partial charge on any atom is 0.224 e. The molecule has 3 atom stereocenters. The fraction of sp³-hybridized carbons (Fsp3) is 0.409. The van der Waals surface area contributed by atoms with Gasteiger partial charge in [0.1, 0.15) is 0 Å². The van der Waals surface area contributed by atoms with Gasteiger partial charge in [0.25, 0.3) is 0 Å². The van der Waals surface area contributed by atoms with E-state index in [0.717, 1.165) is 59.4 Å². The molecule has 2 aliphatic heterocycles. The van der Waals surface area contributed by atoms with Gasteiger partial charge in [0, 0.05) is 37.9 Å². The maximum atomic E-state index is 12.6. The molecule has 9 nitrogen and oxygen atoms in total. The molecule has 2 heterocycles. The number of carbonyl (C=O) groups is 2. The molecule has 4 aromatic rings. The van der Waals surface area contributed by atoms with E-state index in [9.17, 15) is 14.7 Å². The molecule has 5 N–H and O–H groups in total. The van der Waals surface area contributed by atoms with Crippen molar-refractivity contribution in [1.29, 1.82) is 0 Å². The number of benzene rings is 4. The summed E-state index contributed by atoms with van der Waals surface area (Å²) in [6.07, 6.45) is 8.58. The SMILES string of the molecule is Nc1ccccc1NC(=O)CCCCC(=O)NCc1cccc(-c2ccc([C@H]3O[C@@H](CN4CCCCCCC4)C[C@@H](c4ccc(CO)cc4)O3)cc2)c1. The van der Waals surface area contributed by atoms with Gasteiger partial charge in [-0.2, -0.15) is 0 Å². The summed E-state index contributed by atoms with van der Waals surface area (Å²) in [5.74, 6) is -0.142. The molecule has 2 aliphatic rings. The smallest absolute Gasteiger partial charge is 0.224 e. The van der Waals surface area contributed by atoms with Crippen molar-refractivity contribution in [2.24, 2.45) is 0 Å². The summed E-state index contributed by atoms with van der Waals surface area (Å²) in [5.41, 5.74) is 13.2. The summed E-state index contributed by atoms with van der Waals surface area (Å²) in [5, 5.41) is 15.4. The minimum absolute atomic E-state index is 0.0224. The predicted octanol–water partition coefficient (Wildman–Crippen LogP) is 8.05. The molecule has 0 unspecified atom stereocenters. The second kappa shape index (κ2) is 19.5. The average molecular weight is 719 g/mol. The zero-order valence-corrected chi connectivity index (χ0v) is 30.7. The van der Waals surface area contributed by atoms with E-state index in [1.807, 2.05) is 36.4 Å². The monoisotopic (exact) mass is 718 g/mol. The van der Waals surface area contributed by atoms with E-state index in [1.165, 1.54) is 32.1 Å². The summed E-state index contributed by atoms with van der Waals surface area (Å²) in [4.78, 5) is 27.4. The van der Waals surface area contributed by atoms with Gasteiger partial charge in [0.2, 0.25) is 11.8 Å². The zero-order valence-electron chi connectivity index (χ0n) is 30.7. The lowest BCUT2D eigenvalue weighted by molar-refractivity contribution is -0.253. The Hall–Kier alpha value is -4.54. The number of rotatable bonds is 14. The van der Waals surface area contributed by atoms with Crippen LogP contribution >= 0.6 is 0 Å². The number of hydrogen-bond acceptors (Lipinski definition) is 7. The summed E-state index contributed by atoms with van der Waals surface area (Å²) in [7, 11) is 0. The molecular weight excluding hydrogens is 665 g/mol. The number of unbranched alkanes of at least 4 members (excludes halogenated alkanes) is 1. The zero-order chi connectivity index (χ0) is 36.8. The van der Waals surface area contributed by atoms with Crippen LogP contribution in [0, 0.1) is 0 Å². The number of nitrogens with two attached hydrogens (primary N) is 1. The van der Waals surface area contributed by atoms with Gasteiger partial charge in [-0.1, -0.05) is 98.1 Å². The molecule has 0 aliphatic carbocycles. The number of likely N-dealkylation sites (tertiary alicyclic amines) is 1. The van der Waals surface area contributed by atoms with Crippen LogP contribution in [0.2, 0.25) is 0 Å². The number of nitrogen functional groups attached to an aromatic ring is 1. The van der Waals surface area contributed by atoms with E-state index in [-0.39, 0.29) is 30.6 Å². The molecular formula is C44H54N4O5. The number of aliphatic hydroxyl groups is 1. The van der Waals surface area contributed by atoms with Crippen LogP contribution < -0.4 is 16.4 Å². The maximum absolute atomic E-state index is 12.6. The highest BCUT2D eigenvalue weighted by molar-refractivity contribution is 5.93. The minimum Gasteiger partial charge on any atom is -0.397 e. The van der Waals surface area contributed by atoms with Gasteiger partial charge in [0.15, 0.2) is 6.29 Å². The number of nitrogens with zero attached hydrogens (tertiary/aromatic N) is 1. The first-order valence-electron chi connectivity index (χ1n) is 19.3. The molecule has 9 heteroatoms. The molecule has 0 spiro atoms. The van der Waals surface area contributed by atoms with Crippen molar-refractivity contribution in [3.63, 3.8) is 0 Å². The summed E-state index contributed by atoms with van der Waals surface area (Å²) >= 11 is 0. The van der Waals surface area contributed by atoms with Crippen LogP contribution in [-0.2, 0) is 32.2 Å². The number of amides is 2. The van der Waals surface area contributed by atoms with Crippen molar-refractivity contribution in [3.05, 3.63) is 119 Å². The van der Waals surface area contributed by atoms with Crippen LogP contribution in [0.15, 0.2) is 97.1 Å². The van der Waals surface area contributed by atoms with Gasteiger partial charge in [-0.05, 0) is 84.8 Å². The summed E-state index contributed by atoms with van der Waals surface area (Å²) < 4.78 is 13.3. The minimum atomic E-state index is -0.487. The Morgan fingerprint density at radius 3 is 2.17 bits per heavy atom. The third-order valence-electron chi connectivity index (χ3n) is 10.3. The number of anilines is 2. The lowest BCUT2D eigenvalue weighted by atomic mass is 9.98. The first-order chi connectivity index (χ1) is 25.9. The Labute approximate surface area is 313 Å². The molecule has 2 saturated heterocycles. The normalized spacial score (nSPS) is 19.5. The fourth-order valence-electron chi connectivity index (χ4n) is 7.19. The average Bonchev–Trinajstić information content (AvgIpc) is 3.18. The topological polar surface area (TPSA) is 126 Å². The third-order valence-corrected chi connectivity index (χ3v) is 10.3. The van der Waals surface area contributed by atoms with Crippen molar-refractivity contribution in [2.45, 2.75) is 95.9 Å². The van der Waals surface area contributed by atoms with Crippen molar-refractivity contribution in [3.8, 4) is 11.1 Å². The number of hydrogen-bond donors (Lipinski definition) is 4. The van der Waals surface area contributed by atoms with E-state index in [4.69, 9.17) is 15.2 Å². The van der Waals surface area contributed by atoms with Crippen molar-refractivity contribution >= 4 is 23.2 Å². The third kappa shape index (κ3) is 11.5. The van der Waals surface area contributed by atoms with Gasteiger partial charge in [0.05, 0.1) is 30.2 Å². The Bertz CT molecular complexity index is 1750. The molecule has 0 saturated carbocycles. The molecule has 0 bridgehead atoms. The molecule has 6 rings (SSSR count). The van der Waals surface area contributed by atoms with E-state index >= 15 is 0 Å². The summed E-state index contributed by atoms with van der Waals surface area (Å²) in [6, 6.07) is 31.8. The molecule has 2 fully saturated rings. The Morgan fingerprint density at radius 1 is 0.736 bits per heavy atom. The van der Waals surface area contributed by atoms with Crippen LogP contribution in [-0.4, -0.2) is 47.6 Å². The highest BCUT2D eigenvalue weighted by atomic mass is 16.7. The first kappa shape index (κ1) is 38.2. The Balaban J connectivity index is 1.02. The highest BCUT2D eigenvalue weighted by Crippen LogP contribution is 2.39. The van der Waals surface area contributed by atoms with Crippen molar-refractivity contribution < 1.29 is 24.2 Å². The van der Waals surface area contributed by atoms with Crippen LogP contribution in [0.4, 0.5) is 11.4 Å². The van der Waals surface area contributed by atoms with E-state index in [2.05, 4.69) is 64.1 Å². The quantitative estimate of drug-likeness (QED) is 0.0768. The number of nitrogens with one attached hydrogen (secondary N) is 2. The molecule has 280 valence electrons. The number of ether oxygens (including phenoxy) is 2.